The van der Waals surface area contributed by atoms with Crippen molar-refractivity contribution >= 4 is 28.6 Å². The minimum atomic E-state index is -0.894. The molecule has 3 atom stereocenters. The van der Waals surface area contributed by atoms with Crippen LogP contribution in [0.3, 0.4) is 0 Å². The van der Waals surface area contributed by atoms with Crippen LogP contribution in [0.4, 0.5) is 0 Å². The first-order valence-electron chi connectivity index (χ1n) is 10.2. The second-order valence-corrected chi connectivity index (χ2v) is 7.75. The molecule has 0 bridgehead atoms. The summed E-state index contributed by atoms with van der Waals surface area (Å²) >= 11 is 0. The van der Waals surface area contributed by atoms with Gasteiger partial charge in [0.1, 0.15) is 6.54 Å². The first kappa shape index (κ1) is 20.8. The van der Waals surface area contributed by atoms with Gasteiger partial charge in [0.05, 0.1) is 0 Å². The molecule has 154 valence electrons. The first-order chi connectivity index (χ1) is 13.9. The van der Waals surface area contributed by atoms with E-state index in [1.807, 2.05) is 30.3 Å². The number of carbonyl (C=O) groups is 3. The number of hydrogen-bond acceptors (Lipinski definition) is 4. The van der Waals surface area contributed by atoms with E-state index in [-0.39, 0.29) is 24.4 Å². The van der Waals surface area contributed by atoms with E-state index in [0.29, 0.717) is 11.5 Å². The summed E-state index contributed by atoms with van der Waals surface area (Å²) in [4.78, 5) is 36.7. The Balaban J connectivity index is 1.46. The van der Waals surface area contributed by atoms with E-state index in [1.54, 1.807) is 19.1 Å². The van der Waals surface area contributed by atoms with Crippen molar-refractivity contribution in [3.05, 3.63) is 48.0 Å². The third-order valence-electron chi connectivity index (χ3n) is 5.52. The fourth-order valence-corrected chi connectivity index (χ4v) is 3.71. The molecule has 3 rings (SSSR count). The zero-order chi connectivity index (χ0) is 20.8. The van der Waals surface area contributed by atoms with Crippen LogP contribution in [0.5, 0.6) is 0 Å². The Labute approximate surface area is 171 Å². The highest BCUT2D eigenvalue weighted by Crippen LogP contribution is 2.23. The lowest BCUT2D eigenvalue weighted by atomic mass is 9.86. The maximum Gasteiger partial charge on any atom is 0.326 e. The van der Waals surface area contributed by atoms with Crippen LogP contribution in [0, 0.1) is 5.92 Å². The van der Waals surface area contributed by atoms with E-state index in [0.717, 1.165) is 30.0 Å². The van der Waals surface area contributed by atoms with E-state index in [1.165, 1.54) is 6.42 Å². The predicted molar refractivity (Wildman–Crippen MR) is 111 cm³/mol. The monoisotopic (exact) mass is 396 g/mol. The van der Waals surface area contributed by atoms with Gasteiger partial charge in [-0.3, -0.25) is 14.4 Å². The average Bonchev–Trinajstić information content (AvgIpc) is 2.73. The number of esters is 1. The fourth-order valence-electron chi connectivity index (χ4n) is 3.71. The quantitative estimate of drug-likeness (QED) is 0.735. The van der Waals surface area contributed by atoms with Crippen molar-refractivity contribution < 1.29 is 19.1 Å². The van der Waals surface area contributed by atoms with E-state index >= 15 is 0 Å². The van der Waals surface area contributed by atoms with Gasteiger partial charge in [0, 0.05) is 11.6 Å². The molecule has 1 aliphatic carbocycles. The molecule has 2 aromatic carbocycles. The second-order valence-electron chi connectivity index (χ2n) is 7.75. The Morgan fingerprint density at radius 1 is 1.07 bits per heavy atom. The molecule has 0 aliphatic heterocycles. The number of nitrogens with one attached hydrogen (secondary N) is 2. The Kier molecular flexibility index (Phi) is 6.86. The maximum absolute atomic E-state index is 12.3. The summed E-state index contributed by atoms with van der Waals surface area (Å²) in [7, 11) is 0. The van der Waals surface area contributed by atoms with Gasteiger partial charge < -0.3 is 15.4 Å². The van der Waals surface area contributed by atoms with Crippen molar-refractivity contribution in [2.45, 2.75) is 51.7 Å². The van der Waals surface area contributed by atoms with Gasteiger partial charge in [0.25, 0.3) is 11.8 Å². The van der Waals surface area contributed by atoms with Crippen molar-refractivity contribution in [1.82, 2.24) is 10.6 Å². The SMILES string of the molecule is C[C@@H](OC(=O)CNC(=O)c1ccc2ccccc2c1)C(=O)N[C@@H]1CCCC[C@@H]1C. The lowest BCUT2D eigenvalue weighted by molar-refractivity contribution is -0.154. The van der Waals surface area contributed by atoms with Crippen molar-refractivity contribution in [3.8, 4) is 0 Å². The Morgan fingerprint density at radius 2 is 1.79 bits per heavy atom. The number of ether oxygens (including phenoxy) is 1. The molecule has 0 heterocycles. The van der Waals surface area contributed by atoms with Crippen LogP contribution in [-0.2, 0) is 14.3 Å². The summed E-state index contributed by atoms with van der Waals surface area (Å²) in [6, 6.07) is 13.2. The molecule has 2 N–H and O–H groups in total. The van der Waals surface area contributed by atoms with Crippen LogP contribution < -0.4 is 10.6 Å². The molecule has 0 unspecified atom stereocenters. The van der Waals surface area contributed by atoms with E-state index < -0.39 is 12.1 Å². The molecular formula is C23H28N2O4. The zero-order valence-corrected chi connectivity index (χ0v) is 16.9. The van der Waals surface area contributed by atoms with Gasteiger partial charge in [0.15, 0.2) is 6.10 Å². The van der Waals surface area contributed by atoms with Crippen LogP contribution in [0.15, 0.2) is 42.5 Å². The van der Waals surface area contributed by atoms with Crippen LogP contribution in [0.2, 0.25) is 0 Å². The number of carbonyl (C=O) groups excluding carboxylic acids is 3. The van der Waals surface area contributed by atoms with Crippen LogP contribution in [0.25, 0.3) is 10.8 Å². The molecule has 6 nitrogen and oxygen atoms in total. The smallest absolute Gasteiger partial charge is 0.326 e. The van der Waals surface area contributed by atoms with Gasteiger partial charge in [-0.2, -0.15) is 0 Å². The molecule has 0 aromatic heterocycles. The first-order valence-corrected chi connectivity index (χ1v) is 10.2. The van der Waals surface area contributed by atoms with Crippen LogP contribution in [0.1, 0.15) is 49.9 Å². The minimum absolute atomic E-state index is 0.130. The minimum Gasteiger partial charge on any atom is -0.451 e. The van der Waals surface area contributed by atoms with Gasteiger partial charge in [0.2, 0.25) is 0 Å². The summed E-state index contributed by atoms with van der Waals surface area (Å²) in [5.74, 6) is -0.867. The third-order valence-corrected chi connectivity index (χ3v) is 5.52. The van der Waals surface area contributed by atoms with Crippen molar-refractivity contribution in [3.63, 3.8) is 0 Å². The normalized spacial score (nSPS) is 19.9. The summed E-state index contributed by atoms with van der Waals surface area (Å²) in [6.07, 6.45) is 3.45. The Morgan fingerprint density at radius 3 is 2.55 bits per heavy atom. The van der Waals surface area contributed by atoms with Gasteiger partial charge >= 0.3 is 5.97 Å². The van der Waals surface area contributed by atoms with Gasteiger partial charge in [-0.05, 0) is 48.6 Å². The number of amides is 2. The molecule has 2 amide bonds. The Bertz CT molecular complexity index is 895. The summed E-state index contributed by atoms with van der Waals surface area (Å²) in [6.45, 7) is 3.39. The highest BCUT2D eigenvalue weighted by atomic mass is 16.5. The molecule has 6 heteroatoms. The highest BCUT2D eigenvalue weighted by Gasteiger charge is 2.26. The lowest BCUT2D eigenvalue weighted by Crippen LogP contribution is -2.46. The molecular weight excluding hydrogens is 368 g/mol. The number of hydrogen-bond donors (Lipinski definition) is 2. The third kappa shape index (κ3) is 5.56. The average molecular weight is 396 g/mol. The summed E-state index contributed by atoms with van der Waals surface area (Å²) in [5.41, 5.74) is 0.466. The molecule has 1 aliphatic rings. The fraction of sp³-hybridized carbons (Fsp3) is 0.435. The van der Waals surface area contributed by atoms with E-state index in [4.69, 9.17) is 4.74 Å². The molecule has 0 saturated heterocycles. The number of fused-ring (bicyclic) bond motifs is 1. The van der Waals surface area contributed by atoms with Crippen molar-refractivity contribution in [2.24, 2.45) is 5.92 Å². The largest absolute Gasteiger partial charge is 0.451 e. The second kappa shape index (κ2) is 9.54. The summed E-state index contributed by atoms with van der Waals surface area (Å²) in [5, 5.41) is 7.52. The van der Waals surface area contributed by atoms with Gasteiger partial charge in [-0.1, -0.05) is 50.1 Å². The van der Waals surface area contributed by atoms with Crippen LogP contribution in [-0.4, -0.2) is 36.5 Å². The van der Waals surface area contributed by atoms with E-state index in [2.05, 4.69) is 17.6 Å². The zero-order valence-electron chi connectivity index (χ0n) is 16.9. The van der Waals surface area contributed by atoms with Gasteiger partial charge in [-0.25, -0.2) is 0 Å². The maximum atomic E-state index is 12.3. The van der Waals surface area contributed by atoms with Crippen molar-refractivity contribution in [2.75, 3.05) is 6.54 Å². The van der Waals surface area contributed by atoms with E-state index in [9.17, 15) is 14.4 Å². The number of rotatable bonds is 6. The molecule has 0 radical (unpaired) electrons. The van der Waals surface area contributed by atoms with Gasteiger partial charge in [-0.15, -0.1) is 0 Å². The van der Waals surface area contributed by atoms with Crippen molar-refractivity contribution in [1.29, 1.82) is 0 Å². The molecule has 1 saturated carbocycles. The highest BCUT2D eigenvalue weighted by molar-refractivity contribution is 5.99. The number of benzene rings is 2. The summed E-state index contributed by atoms with van der Waals surface area (Å²) < 4.78 is 5.18. The predicted octanol–water partition coefficient (Wildman–Crippen LogP) is 3.20. The lowest BCUT2D eigenvalue weighted by Gasteiger charge is -2.30. The molecule has 2 aromatic rings. The van der Waals surface area contributed by atoms with Crippen LogP contribution >= 0.6 is 0 Å². The Hall–Kier alpha value is -2.89. The molecule has 0 spiro atoms. The topological polar surface area (TPSA) is 84.5 Å². The standard InChI is InChI=1S/C23H28N2O4/c1-15-7-3-6-10-20(15)25-22(27)16(2)29-21(26)14-24-23(28)19-12-11-17-8-4-5-9-18(17)13-19/h4-5,8-9,11-13,15-16,20H,3,6-7,10,14H2,1-2H3,(H,24,28)(H,25,27)/t15-,16+,20+/m0/s1. The molecule has 1 fully saturated rings. The molecule has 29 heavy (non-hydrogen) atoms.